The third-order valence-corrected chi connectivity index (χ3v) is 4.73. The van der Waals surface area contributed by atoms with Crippen molar-refractivity contribution in [3.63, 3.8) is 0 Å². The average Bonchev–Trinajstić information content (AvgIpc) is 3.11. The molecule has 1 aromatic carbocycles. The number of nitrogens with one attached hydrogen (secondary N) is 2. The molecule has 0 radical (unpaired) electrons. The molecular weight excluding hydrogens is 264 g/mol. The molecule has 0 aliphatic heterocycles. The van der Waals surface area contributed by atoms with Crippen molar-refractivity contribution in [3.8, 4) is 0 Å². The molecule has 0 aromatic heterocycles. The minimum absolute atomic E-state index is 0.0278. The summed E-state index contributed by atoms with van der Waals surface area (Å²) >= 11 is 0. The van der Waals surface area contributed by atoms with Gasteiger partial charge in [0.25, 0.3) is 0 Å². The fourth-order valence-corrected chi connectivity index (χ4v) is 3.24. The van der Waals surface area contributed by atoms with E-state index in [2.05, 4.69) is 10.0 Å². The summed E-state index contributed by atoms with van der Waals surface area (Å²) in [5, 5.41) is 2.60. The van der Waals surface area contributed by atoms with Crippen LogP contribution in [0.1, 0.15) is 26.7 Å². The Kier molecular flexibility index (Phi) is 3.91. The monoisotopic (exact) mass is 282 g/mol. The summed E-state index contributed by atoms with van der Waals surface area (Å²) in [6, 6.07) is 6.12. The van der Waals surface area contributed by atoms with Gasteiger partial charge < -0.3 is 5.32 Å². The quantitative estimate of drug-likeness (QED) is 0.863. The van der Waals surface area contributed by atoms with Gasteiger partial charge >= 0.3 is 0 Å². The van der Waals surface area contributed by atoms with E-state index in [-0.39, 0.29) is 16.8 Å². The van der Waals surface area contributed by atoms with Crippen LogP contribution >= 0.6 is 0 Å². The highest BCUT2D eigenvalue weighted by Crippen LogP contribution is 2.33. The lowest BCUT2D eigenvalue weighted by molar-refractivity contribution is -0.114. The molecule has 2 N–H and O–H groups in total. The summed E-state index contributed by atoms with van der Waals surface area (Å²) in [5.74, 6) is 0.282. The van der Waals surface area contributed by atoms with Gasteiger partial charge in [0.05, 0.1) is 4.90 Å². The zero-order valence-corrected chi connectivity index (χ0v) is 11.8. The first-order valence-corrected chi connectivity index (χ1v) is 7.77. The SMILES string of the molecule is CC(=O)Nc1ccc(S(=O)(=O)NC(C)C2CC2)cc1. The lowest BCUT2D eigenvalue weighted by Crippen LogP contribution is -2.33. The summed E-state index contributed by atoms with van der Waals surface area (Å²) in [4.78, 5) is 11.1. The summed E-state index contributed by atoms with van der Waals surface area (Å²) in [6.07, 6.45) is 2.18. The smallest absolute Gasteiger partial charge is 0.240 e. The Morgan fingerprint density at radius 2 is 1.84 bits per heavy atom. The Bertz CT molecular complexity index is 562. The molecule has 1 saturated carbocycles. The molecule has 1 fully saturated rings. The van der Waals surface area contributed by atoms with Gasteiger partial charge in [-0.15, -0.1) is 0 Å². The highest BCUT2D eigenvalue weighted by Gasteiger charge is 2.31. The zero-order chi connectivity index (χ0) is 14.0. The second-order valence-electron chi connectivity index (χ2n) is 4.95. The van der Waals surface area contributed by atoms with Crippen LogP contribution in [0.5, 0.6) is 0 Å². The highest BCUT2D eigenvalue weighted by molar-refractivity contribution is 7.89. The molecule has 0 heterocycles. The molecule has 0 spiro atoms. The summed E-state index contributed by atoms with van der Waals surface area (Å²) < 4.78 is 26.9. The van der Waals surface area contributed by atoms with Gasteiger partial charge in [0.1, 0.15) is 0 Å². The molecule has 5 nitrogen and oxygen atoms in total. The van der Waals surface area contributed by atoms with Gasteiger partial charge in [0.2, 0.25) is 15.9 Å². The summed E-state index contributed by atoms with van der Waals surface area (Å²) in [7, 11) is -3.47. The van der Waals surface area contributed by atoms with Crippen molar-refractivity contribution in [1.82, 2.24) is 4.72 Å². The topological polar surface area (TPSA) is 75.3 Å². The number of anilines is 1. The van der Waals surface area contributed by atoms with E-state index in [0.717, 1.165) is 12.8 Å². The Hall–Kier alpha value is -1.40. The van der Waals surface area contributed by atoms with E-state index in [1.54, 1.807) is 12.1 Å². The molecule has 1 aliphatic rings. The van der Waals surface area contributed by atoms with Crippen LogP contribution in [-0.4, -0.2) is 20.4 Å². The third kappa shape index (κ3) is 3.78. The van der Waals surface area contributed by atoms with Crippen molar-refractivity contribution in [2.75, 3.05) is 5.32 Å². The van der Waals surface area contributed by atoms with Crippen molar-refractivity contribution < 1.29 is 13.2 Å². The van der Waals surface area contributed by atoms with Crippen LogP contribution < -0.4 is 10.0 Å². The average molecular weight is 282 g/mol. The van der Waals surface area contributed by atoms with Crippen molar-refractivity contribution in [1.29, 1.82) is 0 Å². The first-order chi connectivity index (χ1) is 8.88. The van der Waals surface area contributed by atoms with Crippen LogP contribution in [0.25, 0.3) is 0 Å². The fraction of sp³-hybridized carbons (Fsp3) is 0.462. The molecule has 1 aliphatic carbocycles. The number of hydrogen-bond acceptors (Lipinski definition) is 3. The lowest BCUT2D eigenvalue weighted by atomic mass is 10.2. The number of rotatable bonds is 5. The van der Waals surface area contributed by atoms with Gasteiger partial charge in [-0.25, -0.2) is 13.1 Å². The number of hydrogen-bond donors (Lipinski definition) is 2. The van der Waals surface area contributed by atoms with E-state index < -0.39 is 10.0 Å². The predicted octanol–water partition coefficient (Wildman–Crippen LogP) is 1.72. The fourth-order valence-electron chi connectivity index (χ4n) is 1.93. The minimum Gasteiger partial charge on any atom is -0.326 e. The summed E-state index contributed by atoms with van der Waals surface area (Å²) in [6.45, 7) is 3.30. The predicted molar refractivity (Wildman–Crippen MR) is 73.3 cm³/mol. The van der Waals surface area contributed by atoms with Crippen molar-refractivity contribution in [3.05, 3.63) is 24.3 Å². The number of carbonyl (C=O) groups excluding carboxylic acids is 1. The molecule has 1 atom stereocenters. The number of sulfonamides is 1. The maximum absolute atomic E-state index is 12.1. The normalized spacial score (nSPS) is 16.9. The van der Waals surface area contributed by atoms with Gasteiger partial charge in [0, 0.05) is 18.7 Å². The Morgan fingerprint density at radius 3 is 2.32 bits per heavy atom. The molecule has 1 unspecified atom stereocenters. The van der Waals surface area contributed by atoms with Crippen molar-refractivity contribution in [2.24, 2.45) is 5.92 Å². The Morgan fingerprint density at radius 1 is 1.26 bits per heavy atom. The number of benzene rings is 1. The molecule has 0 saturated heterocycles. The van der Waals surface area contributed by atoms with Crippen molar-refractivity contribution in [2.45, 2.75) is 37.6 Å². The maximum Gasteiger partial charge on any atom is 0.240 e. The Balaban J connectivity index is 2.09. The van der Waals surface area contributed by atoms with Gasteiger partial charge in [-0.3, -0.25) is 4.79 Å². The lowest BCUT2D eigenvalue weighted by Gasteiger charge is -2.13. The third-order valence-electron chi connectivity index (χ3n) is 3.16. The zero-order valence-electron chi connectivity index (χ0n) is 11.0. The van der Waals surface area contributed by atoms with E-state index in [4.69, 9.17) is 0 Å². The first kappa shape index (κ1) is 14.0. The molecule has 1 aromatic rings. The van der Waals surface area contributed by atoms with E-state index in [0.29, 0.717) is 11.6 Å². The van der Waals surface area contributed by atoms with Gasteiger partial charge in [-0.1, -0.05) is 0 Å². The van der Waals surface area contributed by atoms with Gasteiger partial charge in [-0.05, 0) is 49.9 Å². The molecule has 104 valence electrons. The second kappa shape index (κ2) is 5.30. The van der Waals surface area contributed by atoms with Crippen molar-refractivity contribution >= 4 is 21.6 Å². The number of carbonyl (C=O) groups is 1. The van der Waals surface area contributed by atoms with E-state index >= 15 is 0 Å². The minimum atomic E-state index is -3.47. The highest BCUT2D eigenvalue weighted by atomic mass is 32.2. The van der Waals surface area contributed by atoms with Crippen LogP contribution in [-0.2, 0) is 14.8 Å². The molecule has 6 heteroatoms. The van der Waals surface area contributed by atoms with E-state index in [1.165, 1.54) is 19.1 Å². The first-order valence-electron chi connectivity index (χ1n) is 6.28. The largest absolute Gasteiger partial charge is 0.326 e. The van der Waals surface area contributed by atoms with Crippen LogP contribution in [0.3, 0.4) is 0 Å². The van der Waals surface area contributed by atoms with Gasteiger partial charge in [0.15, 0.2) is 0 Å². The molecular formula is C13H18N2O3S. The standard InChI is InChI=1S/C13H18N2O3S/c1-9(11-3-4-11)15-19(17,18)13-7-5-12(6-8-13)14-10(2)16/h5-9,11,15H,3-4H2,1-2H3,(H,14,16). The molecule has 1 amide bonds. The summed E-state index contributed by atoms with van der Waals surface area (Å²) in [5.41, 5.74) is 0.585. The van der Waals surface area contributed by atoms with Gasteiger partial charge in [-0.2, -0.15) is 0 Å². The number of amides is 1. The van der Waals surface area contributed by atoms with Crippen LogP contribution in [0.2, 0.25) is 0 Å². The Labute approximate surface area is 113 Å². The second-order valence-corrected chi connectivity index (χ2v) is 6.67. The van der Waals surface area contributed by atoms with Crippen LogP contribution in [0.15, 0.2) is 29.2 Å². The molecule has 0 bridgehead atoms. The van der Waals surface area contributed by atoms with Crippen LogP contribution in [0, 0.1) is 5.92 Å². The van der Waals surface area contributed by atoms with E-state index in [9.17, 15) is 13.2 Å². The maximum atomic E-state index is 12.1. The molecule has 2 rings (SSSR count). The van der Waals surface area contributed by atoms with Crippen LogP contribution in [0.4, 0.5) is 5.69 Å². The van der Waals surface area contributed by atoms with E-state index in [1.807, 2.05) is 6.92 Å². The molecule has 19 heavy (non-hydrogen) atoms.